The third-order valence-electron chi connectivity index (χ3n) is 2.93. The van der Waals surface area contributed by atoms with Crippen LogP contribution in [0, 0.1) is 0 Å². The standard InChI is InChI=1S/C14H12.2ClH.Ti/c1-10-8-12-7-6-11-4-2-3-5-13(11)14(12)9-10;;;/h2-8H,9H2,1H3;2*1H;/q;;;+2/p-2. The number of benzene rings is 2. The number of hydrogen-bond donors (Lipinski definition) is 0. The van der Waals surface area contributed by atoms with Gasteiger partial charge in [-0.3, -0.25) is 0 Å². The number of rotatable bonds is 0. The van der Waals surface area contributed by atoms with Crippen LogP contribution in [0.3, 0.4) is 0 Å². The van der Waals surface area contributed by atoms with Gasteiger partial charge in [0, 0.05) is 0 Å². The fourth-order valence-electron chi connectivity index (χ4n) is 2.28. The molecule has 0 saturated carbocycles. The molecule has 0 fully saturated rings. The minimum absolute atomic E-state index is 0. The van der Waals surface area contributed by atoms with Crippen LogP contribution in [0.25, 0.3) is 16.8 Å². The zero-order valence-electron chi connectivity index (χ0n) is 9.50. The molecule has 0 spiro atoms. The first-order valence-electron chi connectivity index (χ1n) is 5.02. The van der Waals surface area contributed by atoms with Crippen molar-refractivity contribution in [2.75, 3.05) is 0 Å². The molecule has 0 nitrogen and oxygen atoms in total. The van der Waals surface area contributed by atoms with Crippen molar-refractivity contribution in [3.8, 4) is 0 Å². The van der Waals surface area contributed by atoms with Crippen molar-refractivity contribution in [1.29, 1.82) is 0 Å². The van der Waals surface area contributed by atoms with Crippen LogP contribution >= 0.6 is 0 Å². The van der Waals surface area contributed by atoms with Gasteiger partial charge in [0.15, 0.2) is 0 Å². The van der Waals surface area contributed by atoms with Gasteiger partial charge in [-0.05, 0) is 35.2 Å². The van der Waals surface area contributed by atoms with Crippen molar-refractivity contribution in [2.24, 2.45) is 0 Å². The molecule has 0 heterocycles. The van der Waals surface area contributed by atoms with Crippen molar-refractivity contribution in [3.63, 3.8) is 0 Å². The second-order valence-electron chi connectivity index (χ2n) is 4.02. The van der Waals surface area contributed by atoms with Crippen LogP contribution in [0.2, 0.25) is 0 Å². The van der Waals surface area contributed by atoms with Crippen LogP contribution in [0.1, 0.15) is 18.1 Å². The van der Waals surface area contributed by atoms with Crippen LogP contribution in [-0.2, 0) is 28.1 Å². The first-order valence-corrected chi connectivity index (χ1v) is 5.02. The molecular weight excluding hydrogens is 287 g/mol. The molecule has 0 aliphatic heterocycles. The summed E-state index contributed by atoms with van der Waals surface area (Å²) in [6.45, 7) is 2.20. The largest absolute Gasteiger partial charge is 2.00 e. The van der Waals surface area contributed by atoms with Gasteiger partial charge in [0.2, 0.25) is 0 Å². The monoisotopic (exact) mass is 298 g/mol. The van der Waals surface area contributed by atoms with Crippen LogP contribution in [0.4, 0.5) is 0 Å². The molecule has 1 aliphatic carbocycles. The number of hydrogen-bond acceptors (Lipinski definition) is 0. The zero-order valence-corrected chi connectivity index (χ0v) is 12.6. The Morgan fingerprint density at radius 2 is 1.65 bits per heavy atom. The van der Waals surface area contributed by atoms with Crippen molar-refractivity contribution in [3.05, 3.63) is 53.1 Å². The minimum Gasteiger partial charge on any atom is -1.00 e. The number of fused-ring (bicyclic) bond motifs is 3. The molecule has 2 aromatic carbocycles. The maximum absolute atomic E-state index is 2.29. The Hall–Kier alpha value is -0.266. The predicted molar refractivity (Wildman–Crippen MR) is 61.3 cm³/mol. The molecule has 2 aromatic rings. The molecule has 1 aliphatic rings. The first-order chi connectivity index (χ1) is 6.84. The van der Waals surface area contributed by atoms with Gasteiger partial charge in [0.05, 0.1) is 0 Å². The van der Waals surface area contributed by atoms with E-state index in [1.165, 1.54) is 27.5 Å². The van der Waals surface area contributed by atoms with Gasteiger partial charge in [-0.1, -0.05) is 48.0 Å². The smallest absolute Gasteiger partial charge is 1.00 e. The van der Waals surface area contributed by atoms with Gasteiger partial charge in [-0.15, -0.1) is 0 Å². The van der Waals surface area contributed by atoms with Gasteiger partial charge in [-0.25, -0.2) is 0 Å². The third-order valence-corrected chi connectivity index (χ3v) is 2.93. The Bertz CT molecular complexity index is 547. The van der Waals surface area contributed by atoms with Crippen molar-refractivity contribution in [2.45, 2.75) is 13.3 Å². The van der Waals surface area contributed by atoms with Crippen molar-refractivity contribution in [1.82, 2.24) is 0 Å². The molecular formula is C14H12Cl2Ti. The summed E-state index contributed by atoms with van der Waals surface area (Å²) in [7, 11) is 0. The molecule has 86 valence electrons. The molecule has 3 heteroatoms. The summed E-state index contributed by atoms with van der Waals surface area (Å²) in [4.78, 5) is 0. The van der Waals surface area contributed by atoms with E-state index in [-0.39, 0.29) is 46.5 Å². The fourth-order valence-corrected chi connectivity index (χ4v) is 2.28. The van der Waals surface area contributed by atoms with E-state index in [0.717, 1.165) is 6.42 Å². The summed E-state index contributed by atoms with van der Waals surface area (Å²) in [6.07, 6.45) is 3.42. The first kappa shape index (κ1) is 16.7. The van der Waals surface area contributed by atoms with Gasteiger partial charge in [0.25, 0.3) is 0 Å². The van der Waals surface area contributed by atoms with Crippen LogP contribution in [-0.4, -0.2) is 0 Å². The average molecular weight is 299 g/mol. The minimum atomic E-state index is 0. The van der Waals surface area contributed by atoms with Gasteiger partial charge < -0.3 is 24.8 Å². The number of allylic oxidation sites excluding steroid dienone is 1. The van der Waals surface area contributed by atoms with Gasteiger partial charge in [-0.2, -0.15) is 0 Å². The Balaban J connectivity index is 0.000000853. The Kier molecular flexibility index (Phi) is 6.51. The second kappa shape index (κ2) is 6.61. The van der Waals surface area contributed by atoms with E-state index in [0.29, 0.717) is 0 Å². The van der Waals surface area contributed by atoms with E-state index >= 15 is 0 Å². The van der Waals surface area contributed by atoms with Gasteiger partial charge in [0.1, 0.15) is 0 Å². The van der Waals surface area contributed by atoms with Crippen molar-refractivity contribution >= 4 is 16.8 Å². The summed E-state index contributed by atoms with van der Waals surface area (Å²) < 4.78 is 0. The van der Waals surface area contributed by atoms with Gasteiger partial charge >= 0.3 is 21.7 Å². The molecule has 0 saturated heterocycles. The topological polar surface area (TPSA) is 0 Å². The molecule has 0 unspecified atom stereocenters. The Morgan fingerprint density at radius 1 is 0.941 bits per heavy atom. The summed E-state index contributed by atoms with van der Waals surface area (Å²) in [5.41, 5.74) is 4.37. The Morgan fingerprint density at radius 3 is 2.41 bits per heavy atom. The van der Waals surface area contributed by atoms with E-state index in [1.54, 1.807) is 0 Å². The third kappa shape index (κ3) is 2.95. The van der Waals surface area contributed by atoms with Crippen LogP contribution in [0.5, 0.6) is 0 Å². The van der Waals surface area contributed by atoms with Crippen molar-refractivity contribution < 1.29 is 46.5 Å². The quantitative estimate of drug-likeness (QED) is 0.485. The summed E-state index contributed by atoms with van der Waals surface area (Å²) >= 11 is 0. The van der Waals surface area contributed by atoms with E-state index in [1.807, 2.05) is 0 Å². The van der Waals surface area contributed by atoms with Crippen LogP contribution < -0.4 is 24.8 Å². The van der Waals surface area contributed by atoms with E-state index < -0.39 is 0 Å². The predicted octanol–water partition coefficient (Wildman–Crippen LogP) is -2.20. The normalized spacial score (nSPS) is 11.7. The SMILES string of the molecule is CC1=Cc2ccc3ccccc3c2C1.[Cl-].[Cl-].[Ti+2]. The molecule has 3 rings (SSSR count). The average Bonchev–Trinajstić information content (AvgIpc) is 2.59. The molecule has 0 atom stereocenters. The maximum Gasteiger partial charge on any atom is 2.00 e. The fraction of sp³-hybridized carbons (Fsp3) is 0.143. The molecule has 0 bridgehead atoms. The second-order valence-corrected chi connectivity index (χ2v) is 4.02. The van der Waals surface area contributed by atoms with Crippen LogP contribution in [0.15, 0.2) is 42.0 Å². The molecule has 0 N–H and O–H groups in total. The molecule has 0 amide bonds. The van der Waals surface area contributed by atoms with E-state index in [4.69, 9.17) is 0 Å². The van der Waals surface area contributed by atoms with E-state index in [2.05, 4.69) is 49.4 Å². The number of halogens is 2. The summed E-state index contributed by atoms with van der Waals surface area (Å²) in [5, 5.41) is 2.77. The summed E-state index contributed by atoms with van der Waals surface area (Å²) in [6, 6.07) is 13.1. The molecule has 0 aromatic heterocycles. The maximum atomic E-state index is 2.29. The Labute approximate surface area is 129 Å². The molecule has 17 heavy (non-hydrogen) atoms. The summed E-state index contributed by atoms with van der Waals surface area (Å²) in [5.74, 6) is 0. The molecule has 0 radical (unpaired) electrons. The van der Waals surface area contributed by atoms with E-state index in [9.17, 15) is 0 Å². The zero-order chi connectivity index (χ0) is 9.54.